The Morgan fingerprint density at radius 3 is 2.57 bits per heavy atom. The molecule has 2 heterocycles. The number of carbonyl (C=O) groups excluding carboxylic acids is 2. The fraction of sp³-hybridized carbons (Fsp3) is 0.208. The van der Waals surface area contributed by atoms with E-state index in [0.29, 0.717) is 17.7 Å². The highest BCUT2D eigenvalue weighted by Gasteiger charge is 2.35. The van der Waals surface area contributed by atoms with Crippen LogP contribution >= 0.6 is 0 Å². The van der Waals surface area contributed by atoms with Crippen LogP contribution in [0.4, 0.5) is 0 Å². The van der Waals surface area contributed by atoms with Gasteiger partial charge < -0.3 is 9.15 Å². The van der Waals surface area contributed by atoms with E-state index < -0.39 is 18.5 Å². The lowest BCUT2D eigenvalue weighted by Gasteiger charge is -2.19. The molecule has 0 fully saturated rings. The second-order valence-corrected chi connectivity index (χ2v) is 7.33. The zero-order valence-corrected chi connectivity index (χ0v) is 16.9. The molecular formula is C24H22N2O4. The molecule has 6 heteroatoms. The zero-order valence-electron chi connectivity index (χ0n) is 16.9. The van der Waals surface area contributed by atoms with Crippen LogP contribution in [-0.2, 0) is 9.53 Å². The van der Waals surface area contributed by atoms with Gasteiger partial charge in [0, 0.05) is 6.42 Å². The Kier molecular flexibility index (Phi) is 5.48. The quantitative estimate of drug-likeness (QED) is 0.592. The highest BCUT2D eigenvalue weighted by Crippen LogP contribution is 2.33. The third kappa shape index (κ3) is 4.17. The van der Waals surface area contributed by atoms with Crippen LogP contribution in [0, 0.1) is 13.8 Å². The number of esters is 1. The minimum atomic E-state index is -0.538. The van der Waals surface area contributed by atoms with Crippen LogP contribution in [0.25, 0.3) is 0 Å². The van der Waals surface area contributed by atoms with Crippen LogP contribution in [0.15, 0.2) is 76.4 Å². The Morgan fingerprint density at radius 2 is 1.87 bits per heavy atom. The van der Waals surface area contributed by atoms with Gasteiger partial charge in [0.2, 0.25) is 0 Å². The summed E-state index contributed by atoms with van der Waals surface area (Å²) in [7, 11) is 0. The van der Waals surface area contributed by atoms with Gasteiger partial charge in [0.05, 0.1) is 17.5 Å². The first-order chi connectivity index (χ1) is 14.5. The molecule has 6 nitrogen and oxygen atoms in total. The first-order valence-electron chi connectivity index (χ1n) is 9.75. The Balaban J connectivity index is 1.51. The van der Waals surface area contributed by atoms with E-state index in [0.717, 1.165) is 22.4 Å². The number of nitrogens with zero attached hydrogens (tertiary/aromatic N) is 2. The van der Waals surface area contributed by atoms with Crippen molar-refractivity contribution in [3.8, 4) is 0 Å². The van der Waals surface area contributed by atoms with Crippen molar-refractivity contribution >= 4 is 17.6 Å². The van der Waals surface area contributed by atoms with Crippen LogP contribution in [-0.4, -0.2) is 29.2 Å². The molecule has 0 bridgehead atoms. The van der Waals surface area contributed by atoms with Gasteiger partial charge >= 0.3 is 5.97 Å². The van der Waals surface area contributed by atoms with E-state index in [4.69, 9.17) is 9.15 Å². The number of hydrogen-bond donors (Lipinski definition) is 0. The number of furan rings is 1. The lowest BCUT2D eigenvalue weighted by molar-refractivity contribution is -0.136. The summed E-state index contributed by atoms with van der Waals surface area (Å²) in [5, 5.41) is 5.90. The highest BCUT2D eigenvalue weighted by atomic mass is 16.5. The Morgan fingerprint density at radius 1 is 1.07 bits per heavy atom. The topological polar surface area (TPSA) is 72.1 Å². The predicted molar refractivity (Wildman–Crippen MR) is 112 cm³/mol. The van der Waals surface area contributed by atoms with Crippen LogP contribution in [0.3, 0.4) is 0 Å². The first-order valence-corrected chi connectivity index (χ1v) is 9.75. The number of amides is 1. The first kappa shape index (κ1) is 19.6. The molecule has 4 rings (SSSR count). The van der Waals surface area contributed by atoms with Gasteiger partial charge in [-0.15, -0.1) is 0 Å². The molecule has 1 amide bonds. The number of hydrogen-bond acceptors (Lipinski definition) is 5. The summed E-state index contributed by atoms with van der Waals surface area (Å²) in [5.41, 5.74) is 4.24. The molecule has 0 N–H and O–H groups in total. The average Bonchev–Trinajstić information content (AvgIpc) is 3.42. The molecule has 2 aromatic carbocycles. The minimum absolute atomic E-state index is 0.374. The molecule has 0 spiro atoms. The number of rotatable bonds is 5. The molecular weight excluding hydrogens is 380 g/mol. The van der Waals surface area contributed by atoms with Crippen molar-refractivity contribution in [2.45, 2.75) is 26.3 Å². The molecule has 0 saturated carbocycles. The van der Waals surface area contributed by atoms with Gasteiger partial charge in [0.1, 0.15) is 11.8 Å². The summed E-state index contributed by atoms with van der Waals surface area (Å²) >= 11 is 0. The fourth-order valence-electron chi connectivity index (χ4n) is 3.41. The van der Waals surface area contributed by atoms with E-state index in [1.165, 1.54) is 5.01 Å². The lowest BCUT2D eigenvalue weighted by atomic mass is 10.0. The highest BCUT2D eigenvalue weighted by molar-refractivity contribution is 6.03. The van der Waals surface area contributed by atoms with Crippen LogP contribution in [0.1, 0.15) is 45.3 Å². The molecule has 0 saturated heterocycles. The maximum Gasteiger partial charge on any atom is 0.338 e. The van der Waals surface area contributed by atoms with E-state index in [2.05, 4.69) is 5.10 Å². The summed E-state index contributed by atoms with van der Waals surface area (Å²) < 4.78 is 10.8. The molecule has 0 aliphatic carbocycles. The van der Waals surface area contributed by atoms with Crippen LogP contribution < -0.4 is 0 Å². The third-order valence-corrected chi connectivity index (χ3v) is 5.00. The van der Waals surface area contributed by atoms with Crippen molar-refractivity contribution in [2.24, 2.45) is 5.10 Å². The van der Waals surface area contributed by atoms with Crippen molar-refractivity contribution in [3.63, 3.8) is 0 Å². The number of hydrazone groups is 1. The van der Waals surface area contributed by atoms with Crippen LogP contribution in [0.5, 0.6) is 0 Å². The van der Waals surface area contributed by atoms with Crippen molar-refractivity contribution in [2.75, 3.05) is 6.61 Å². The number of aryl methyl sites for hydroxylation is 2. The Labute approximate surface area is 174 Å². The van der Waals surface area contributed by atoms with Gasteiger partial charge in [-0.25, -0.2) is 9.80 Å². The molecule has 1 aliphatic rings. The molecule has 1 aromatic heterocycles. The smallest absolute Gasteiger partial charge is 0.338 e. The number of carbonyl (C=O) groups is 2. The fourth-order valence-corrected chi connectivity index (χ4v) is 3.41. The molecule has 1 aliphatic heterocycles. The number of ether oxygens (including phenoxy) is 1. The van der Waals surface area contributed by atoms with E-state index >= 15 is 0 Å². The van der Waals surface area contributed by atoms with E-state index in [1.807, 2.05) is 50.2 Å². The average molecular weight is 402 g/mol. The van der Waals surface area contributed by atoms with Crippen LogP contribution in [0.2, 0.25) is 0 Å². The van der Waals surface area contributed by atoms with Gasteiger partial charge in [-0.3, -0.25) is 4.79 Å². The zero-order chi connectivity index (χ0) is 21.1. The van der Waals surface area contributed by atoms with Gasteiger partial charge in [0.25, 0.3) is 5.91 Å². The number of benzene rings is 2. The van der Waals surface area contributed by atoms with Gasteiger partial charge in [-0.05, 0) is 43.7 Å². The van der Waals surface area contributed by atoms with Gasteiger partial charge in [-0.1, -0.05) is 47.5 Å². The van der Waals surface area contributed by atoms with Gasteiger partial charge in [-0.2, -0.15) is 5.10 Å². The maximum absolute atomic E-state index is 12.9. The van der Waals surface area contributed by atoms with Crippen molar-refractivity contribution in [1.29, 1.82) is 0 Å². The summed E-state index contributed by atoms with van der Waals surface area (Å²) in [5.74, 6) is -0.303. The Bertz CT molecular complexity index is 1080. The maximum atomic E-state index is 12.9. The van der Waals surface area contributed by atoms with Gasteiger partial charge in [0.15, 0.2) is 6.61 Å². The predicted octanol–water partition coefficient (Wildman–Crippen LogP) is 4.43. The molecule has 0 radical (unpaired) electrons. The molecule has 0 unspecified atom stereocenters. The van der Waals surface area contributed by atoms with Crippen molar-refractivity contribution in [1.82, 2.24) is 5.01 Å². The SMILES string of the molecule is Cc1ccc(C2=NN(C(=O)COC(=O)c3cccc(C)c3)[C@H](c3ccco3)C2)cc1. The molecule has 30 heavy (non-hydrogen) atoms. The summed E-state index contributed by atoms with van der Waals surface area (Å²) in [6.45, 7) is 3.51. The summed E-state index contributed by atoms with van der Waals surface area (Å²) in [6.07, 6.45) is 2.09. The Hall–Kier alpha value is -3.67. The standard InChI is InChI=1S/C24H22N2O4/c1-16-8-10-18(11-9-16)20-14-21(22-7-4-12-29-22)26(25-20)23(27)15-30-24(28)19-6-3-5-17(2)13-19/h3-13,21H,14-15H2,1-2H3/t21-/m0/s1. The minimum Gasteiger partial charge on any atom is -0.467 e. The van der Waals surface area contributed by atoms with Crippen molar-refractivity contribution < 1.29 is 18.7 Å². The third-order valence-electron chi connectivity index (χ3n) is 5.00. The molecule has 3 aromatic rings. The monoisotopic (exact) mass is 402 g/mol. The second-order valence-electron chi connectivity index (χ2n) is 7.33. The van der Waals surface area contributed by atoms with E-state index in [1.54, 1.807) is 30.5 Å². The lowest BCUT2D eigenvalue weighted by Crippen LogP contribution is -2.31. The second kappa shape index (κ2) is 8.37. The largest absolute Gasteiger partial charge is 0.467 e. The van der Waals surface area contributed by atoms with E-state index in [-0.39, 0.29) is 6.04 Å². The van der Waals surface area contributed by atoms with E-state index in [9.17, 15) is 9.59 Å². The summed E-state index contributed by atoms with van der Waals surface area (Å²) in [6, 6.07) is 18.3. The summed E-state index contributed by atoms with van der Waals surface area (Å²) in [4.78, 5) is 25.2. The normalized spacial score (nSPS) is 15.7. The molecule has 1 atom stereocenters. The molecule has 152 valence electrons. The van der Waals surface area contributed by atoms with Crippen molar-refractivity contribution in [3.05, 3.63) is 94.9 Å².